The molecule has 0 saturated carbocycles. The van der Waals surface area contributed by atoms with Crippen LogP contribution in [0.2, 0.25) is 0 Å². The Bertz CT molecular complexity index is 899. The van der Waals surface area contributed by atoms with Crippen LogP contribution in [0.4, 0.5) is 0 Å². The van der Waals surface area contributed by atoms with E-state index in [0.717, 1.165) is 11.3 Å². The summed E-state index contributed by atoms with van der Waals surface area (Å²) in [7, 11) is 0. The van der Waals surface area contributed by atoms with Gasteiger partial charge in [0, 0.05) is 12.7 Å². The lowest BCUT2D eigenvalue weighted by Crippen LogP contribution is -2.33. The van der Waals surface area contributed by atoms with Crippen LogP contribution in [0.25, 0.3) is 0 Å². The molecule has 0 bridgehead atoms. The lowest BCUT2D eigenvalue weighted by atomic mass is 9.66. The first-order valence-electron chi connectivity index (χ1n) is 9.18. The second-order valence-corrected chi connectivity index (χ2v) is 6.56. The number of benzene rings is 3. The minimum atomic E-state index is -0.528. The first-order valence-corrected chi connectivity index (χ1v) is 9.18. The maximum Gasteiger partial charge on any atom is 0.0877 e. The number of hydrogen-bond donors (Lipinski definition) is 1. The number of aromatic nitrogens is 1. The van der Waals surface area contributed by atoms with Gasteiger partial charge in [-0.3, -0.25) is 4.98 Å². The molecule has 4 aromatic rings. The van der Waals surface area contributed by atoms with E-state index in [-0.39, 0.29) is 0 Å². The third-order valence-electron chi connectivity index (χ3n) is 5.09. The van der Waals surface area contributed by atoms with Crippen LogP contribution in [-0.4, -0.2) is 4.98 Å². The van der Waals surface area contributed by atoms with Crippen molar-refractivity contribution in [2.75, 3.05) is 0 Å². The van der Waals surface area contributed by atoms with Crippen molar-refractivity contribution in [1.29, 1.82) is 0 Å². The first-order chi connectivity index (χ1) is 13.4. The van der Waals surface area contributed by atoms with Crippen LogP contribution in [0.5, 0.6) is 0 Å². The molecule has 2 heteroatoms. The average molecular weight is 350 g/mol. The lowest BCUT2D eigenvalue weighted by Gasteiger charge is -2.36. The van der Waals surface area contributed by atoms with Crippen LogP contribution >= 0.6 is 0 Å². The number of hydrogen-bond acceptors (Lipinski definition) is 2. The quantitative estimate of drug-likeness (QED) is 0.519. The van der Waals surface area contributed by atoms with Crippen LogP contribution in [0.15, 0.2) is 109 Å². The highest BCUT2D eigenvalue weighted by atomic mass is 14.7. The van der Waals surface area contributed by atoms with Crippen molar-refractivity contribution in [3.8, 4) is 0 Å². The Balaban J connectivity index is 2.17. The van der Waals surface area contributed by atoms with Gasteiger partial charge in [0.1, 0.15) is 0 Å². The third-order valence-corrected chi connectivity index (χ3v) is 5.09. The molecule has 0 spiro atoms. The number of nitrogens with two attached hydrogens (primary N) is 1. The Labute approximate surface area is 160 Å². The predicted molar refractivity (Wildman–Crippen MR) is 110 cm³/mol. The van der Waals surface area contributed by atoms with Gasteiger partial charge in [-0.15, -0.1) is 0 Å². The molecule has 2 nitrogen and oxygen atoms in total. The molecule has 0 atom stereocenters. The summed E-state index contributed by atoms with van der Waals surface area (Å²) < 4.78 is 0. The summed E-state index contributed by atoms with van der Waals surface area (Å²) in [6, 6.07) is 35.7. The molecule has 0 aliphatic carbocycles. The average Bonchev–Trinajstić information content (AvgIpc) is 2.77. The van der Waals surface area contributed by atoms with E-state index in [4.69, 9.17) is 10.7 Å². The molecule has 27 heavy (non-hydrogen) atoms. The zero-order valence-corrected chi connectivity index (χ0v) is 15.1. The van der Waals surface area contributed by atoms with Crippen molar-refractivity contribution in [2.45, 2.75) is 12.0 Å². The van der Waals surface area contributed by atoms with Gasteiger partial charge < -0.3 is 5.73 Å². The van der Waals surface area contributed by atoms with E-state index in [1.807, 2.05) is 30.5 Å². The van der Waals surface area contributed by atoms with Gasteiger partial charge in [-0.1, -0.05) is 97.1 Å². The fourth-order valence-corrected chi connectivity index (χ4v) is 3.92. The molecule has 1 aromatic heterocycles. The van der Waals surface area contributed by atoms with Gasteiger partial charge in [-0.2, -0.15) is 0 Å². The third kappa shape index (κ3) is 2.94. The smallest absolute Gasteiger partial charge is 0.0877 e. The summed E-state index contributed by atoms with van der Waals surface area (Å²) in [5, 5.41) is 0. The van der Waals surface area contributed by atoms with Gasteiger partial charge in [-0.05, 0) is 28.3 Å². The highest BCUT2D eigenvalue weighted by Gasteiger charge is 2.40. The zero-order valence-electron chi connectivity index (χ0n) is 15.1. The Morgan fingerprint density at radius 3 is 1.44 bits per heavy atom. The van der Waals surface area contributed by atoms with E-state index in [1.54, 1.807) is 0 Å². The summed E-state index contributed by atoms with van der Waals surface area (Å²) in [6.45, 7) is 0.442. The highest BCUT2D eigenvalue weighted by molar-refractivity contribution is 5.59. The summed E-state index contributed by atoms with van der Waals surface area (Å²) in [4.78, 5) is 4.87. The highest BCUT2D eigenvalue weighted by Crippen LogP contribution is 2.45. The molecule has 0 aliphatic rings. The molecular weight excluding hydrogens is 328 g/mol. The van der Waals surface area contributed by atoms with Gasteiger partial charge in [0.2, 0.25) is 0 Å². The largest absolute Gasteiger partial charge is 0.326 e. The van der Waals surface area contributed by atoms with Crippen LogP contribution in [0.1, 0.15) is 27.9 Å². The van der Waals surface area contributed by atoms with Gasteiger partial charge in [0.25, 0.3) is 0 Å². The van der Waals surface area contributed by atoms with Crippen LogP contribution in [0.3, 0.4) is 0 Å². The fourth-order valence-electron chi connectivity index (χ4n) is 3.92. The van der Waals surface area contributed by atoms with E-state index in [1.165, 1.54) is 16.7 Å². The van der Waals surface area contributed by atoms with Gasteiger partial charge in [-0.25, -0.2) is 0 Å². The molecule has 0 fully saturated rings. The van der Waals surface area contributed by atoms with Crippen molar-refractivity contribution in [1.82, 2.24) is 4.98 Å². The molecule has 0 radical (unpaired) electrons. The fraction of sp³-hybridized carbons (Fsp3) is 0.0800. The maximum atomic E-state index is 6.14. The minimum absolute atomic E-state index is 0.442. The van der Waals surface area contributed by atoms with E-state index in [0.29, 0.717) is 6.54 Å². The van der Waals surface area contributed by atoms with Crippen LogP contribution in [-0.2, 0) is 12.0 Å². The van der Waals surface area contributed by atoms with Gasteiger partial charge in [0.05, 0.1) is 11.1 Å². The predicted octanol–water partition coefficient (Wildman–Crippen LogP) is 4.92. The first kappa shape index (κ1) is 17.2. The van der Waals surface area contributed by atoms with Crippen molar-refractivity contribution in [2.24, 2.45) is 5.73 Å². The molecule has 0 aliphatic heterocycles. The van der Waals surface area contributed by atoms with E-state index < -0.39 is 5.41 Å². The molecule has 4 rings (SSSR count). The Morgan fingerprint density at radius 2 is 1.04 bits per heavy atom. The number of pyridine rings is 1. The van der Waals surface area contributed by atoms with Crippen molar-refractivity contribution < 1.29 is 0 Å². The van der Waals surface area contributed by atoms with Gasteiger partial charge >= 0.3 is 0 Å². The Hall–Kier alpha value is -3.23. The maximum absolute atomic E-state index is 6.14. The van der Waals surface area contributed by atoms with E-state index >= 15 is 0 Å². The van der Waals surface area contributed by atoms with Gasteiger partial charge in [0.15, 0.2) is 0 Å². The van der Waals surface area contributed by atoms with Crippen molar-refractivity contribution in [3.05, 3.63) is 137 Å². The normalized spacial score (nSPS) is 11.3. The van der Waals surface area contributed by atoms with Crippen molar-refractivity contribution in [3.63, 3.8) is 0 Å². The second-order valence-electron chi connectivity index (χ2n) is 6.56. The molecule has 0 amide bonds. The molecular formula is C25H22N2. The Morgan fingerprint density at radius 1 is 0.593 bits per heavy atom. The monoisotopic (exact) mass is 350 g/mol. The summed E-state index contributed by atoms with van der Waals surface area (Å²) in [5.74, 6) is 0. The van der Waals surface area contributed by atoms with Crippen LogP contribution in [0, 0.1) is 0 Å². The van der Waals surface area contributed by atoms with Crippen LogP contribution < -0.4 is 5.73 Å². The molecule has 132 valence electrons. The number of rotatable bonds is 5. The van der Waals surface area contributed by atoms with E-state index in [9.17, 15) is 0 Å². The molecule has 3 aromatic carbocycles. The standard InChI is InChI=1S/C25H22N2/c26-19-20-11-10-18-27-24(20)25(21-12-4-1-5-13-21,22-14-6-2-7-15-22)23-16-8-3-9-17-23/h1-18H,19,26H2. The zero-order chi connectivity index (χ0) is 18.5. The second kappa shape index (κ2) is 7.56. The Kier molecular flexibility index (Phi) is 4.82. The molecule has 0 saturated heterocycles. The number of nitrogens with zero attached hydrogens (tertiary/aromatic N) is 1. The summed E-state index contributed by atoms with van der Waals surface area (Å²) in [5.41, 5.74) is 11.2. The molecule has 2 N–H and O–H groups in total. The van der Waals surface area contributed by atoms with Crippen molar-refractivity contribution >= 4 is 0 Å². The molecule has 0 unspecified atom stereocenters. The SMILES string of the molecule is NCc1cccnc1C(c1ccccc1)(c1ccccc1)c1ccccc1. The lowest BCUT2D eigenvalue weighted by molar-refractivity contribution is 0.698. The summed E-state index contributed by atoms with van der Waals surface area (Å²) >= 11 is 0. The summed E-state index contributed by atoms with van der Waals surface area (Å²) in [6.07, 6.45) is 1.86. The van der Waals surface area contributed by atoms with E-state index in [2.05, 4.69) is 78.9 Å². The minimum Gasteiger partial charge on any atom is -0.326 e. The topological polar surface area (TPSA) is 38.9 Å². The molecule has 1 heterocycles.